The summed E-state index contributed by atoms with van der Waals surface area (Å²) < 4.78 is 4.93. The lowest BCUT2D eigenvalue weighted by atomic mass is 10.3. The Balaban J connectivity index is 1.84. The van der Waals surface area contributed by atoms with Crippen LogP contribution in [-0.2, 0) is 0 Å². The predicted octanol–water partition coefficient (Wildman–Crippen LogP) is 3.79. The van der Waals surface area contributed by atoms with Crippen LogP contribution in [0.25, 0.3) is 0 Å². The highest BCUT2D eigenvalue weighted by molar-refractivity contribution is 6.42. The molecule has 2 aromatic heterocycles. The summed E-state index contributed by atoms with van der Waals surface area (Å²) >= 11 is 11.8. The second-order valence-electron chi connectivity index (χ2n) is 4.99. The number of hydrogen-bond acceptors (Lipinski definition) is 8. The molecule has 0 saturated carbocycles. The van der Waals surface area contributed by atoms with E-state index in [1.807, 2.05) is 0 Å². The van der Waals surface area contributed by atoms with Crippen LogP contribution in [0.2, 0.25) is 10.0 Å². The molecule has 0 aliphatic heterocycles. The van der Waals surface area contributed by atoms with Gasteiger partial charge in [0.15, 0.2) is 5.76 Å². The van der Waals surface area contributed by atoms with Crippen LogP contribution >= 0.6 is 23.2 Å². The SMILES string of the molecule is O=C(NNc1ncnc(Nc2ccc(Cl)c(Cl)c2)c1[N+](=O)[O-])c1ccco1. The molecule has 3 rings (SSSR count). The van der Waals surface area contributed by atoms with Gasteiger partial charge in [0.2, 0.25) is 11.6 Å². The van der Waals surface area contributed by atoms with Gasteiger partial charge in [-0.05, 0) is 30.3 Å². The highest BCUT2D eigenvalue weighted by Crippen LogP contribution is 2.32. The van der Waals surface area contributed by atoms with Gasteiger partial charge in [0.05, 0.1) is 21.2 Å². The smallest absolute Gasteiger partial charge is 0.355 e. The number of carbonyl (C=O) groups is 1. The van der Waals surface area contributed by atoms with Crippen molar-refractivity contribution in [1.82, 2.24) is 15.4 Å². The number of hydrazine groups is 1. The quantitative estimate of drug-likeness (QED) is 0.413. The van der Waals surface area contributed by atoms with Gasteiger partial charge in [-0.3, -0.25) is 25.8 Å². The zero-order valence-electron chi connectivity index (χ0n) is 13.3. The minimum absolute atomic E-state index is 0.0216. The summed E-state index contributed by atoms with van der Waals surface area (Å²) in [4.78, 5) is 30.3. The Labute approximate surface area is 161 Å². The number of nitro groups is 1. The lowest BCUT2D eigenvalue weighted by Crippen LogP contribution is -2.30. The van der Waals surface area contributed by atoms with Gasteiger partial charge in [0.25, 0.3) is 0 Å². The van der Waals surface area contributed by atoms with E-state index in [-0.39, 0.29) is 22.4 Å². The average molecular weight is 409 g/mol. The molecule has 0 saturated heterocycles. The molecule has 0 unspecified atom stereocenters. The van der Waals surface area contributed by atoms with E-state index in [0.717, 1.165) is 6.33 Å². The van der Waals surface area contributed by atoms with E-state index in [1.165, 1.54) is 30.5 Å². The van der Waals surface area contributed by atoms with Gasteiger partial charge >= 0.3 is 11.6 Å². The van der Waals surface area contributed by atoms with E-state index in [2.05, 4.69) is 26.1 Å². The van der Waals surface area contributed by atoms with Crippen molar-refractivity contribution < 1.29 is 14.1 Å². The van der Waals surface area contributed by atoms with Crippen LogP contribution in [0.4, 0.5) is 23.0 Å². The summed E-state index contributed by atoms with van der Waals surface area (Å²) in [6, 6.07) is 7.55. The number of furan rings is 1. The first kappa shape index (κ1) is 18.4. The summed E-state index contributed by atoms with van der Waals surface area (Å²) in [5.74, 6) is -0.944. The summed E-state index contributed by atoms with van der Waals surface area (Å²) in [5.41, 5.74) is 4.59. The monoisotopic (exact) mass is 408 g/mol. The minimum Gasteiger partial charge on any atom is -0.459 e. The van der Waals surface area contributed by atoms with Crippen molar-refractivity contribution in [3.63, 3.8) is 0 Å². The van der Waals surface area contributed by atoms with E-state index >= 15 is 0 Å². The van der Waals surface area contributed by atoms with Gasteiger partial charge in [-0.2, -0.15) is 0 Å². The van der Waals surface area contributed by atoms with Crippen molar-refractivity contribution in [3.05, 3.63) is 68.8 Å². The number of amides is 1. The summed E-state index contributed by atoms with van der Waals surface area (Å²) in [6.45, 7) is 0. The highest BCUT2D eigenvalue weighted by Gasteiger charge is 2.24. The molecule has 3 N–H and O–H groups in total. The third-order valence-corrected chi connectivity index (χ3v) is 3.97. The molecule has 0 fully saturated rings. The van der Waals surface area contributed by atoms with E-state index < -0.39 is 16.5 Å². The van der Waals surface area contributed by atoms with E-state index in [0.29, 0.717) is 10.7 Å². The van der Waals surface area contributed by atoms with Crippen LogP contribution in [0.1, 0.15) is 10.6 Å². The number of carbonyl (C=O) groups excluding carboxylic acids is 1. The molecule has 1 amide bonds. The van der Waals surface area contributed by atoms with Crippen molar-refractivity contribution in [3.8, 4) is 0 Å². The van der Waals surface area contributed by atoms with E-state index in [4.69, 9.17) is 27.6 Å². The molecule has 12 heteroatoms. The summed E-state index contributed by atoms with van der Waals surface area (Å²) in [7, 11) is 0. The lowest BCUT2D eigenvalue weighted by molar-refractivity contribution is -0.383. The zero-order chi connectivity index (χ0) is 19.4. The fourth-order valence-electron chi connectivity index (χ4n) is 2.03. The van der Waals surface area contributed by atoms with Crippen molar-refractivity contribution in [2.24, 2.45) is 0 Å². The number of anilines is 3. The Bertz CT molecular complexity index is 996. The molecule has 1 aromatic carbocycles. The Morgan fingerprint density at radius 3 is 2.59 bits per heavy atom. The maximum absolute atomic E-state index is 11.9. The third kappa shape index (κ3) is 4.25. The highest BCUT2D eigenvalue weighted by atomic mass is 35.5. The molecule has 0 atom stereocenters. The largest absolute Gasteiger partial charge is 0.459 e. The number of nitrogens with one attached hydrogen (secondary N) is 3. The molecule has 27 heavy (non-hydrogen) atoms. The number of hydrogen-bond donors (Lipinski definition) is 3. The Morgan fingerprint density at radius 2 is 1.93 bits per heavy atom. The van der Waals surface area contributed by atoms with Crippen molar-refractivity contribution >= 4 is 52.1 Å². The molecule has 138 valence electrons. The second kappa shape index (κ2) is 7.89. The van der Waals surface area contributed by atoms with Gasteiger partial charge in [-0.1, -0.05) is 23.2 Å². The topological polar surface area (TPSA) is 135 Å². The maximum Gasteiger partial charge on any atom is 0.355 e. The Hall–Kier alpha value is -3.37. The van der Waals surface area contributed by atoms with Gasteiger partial charge in [-0.15, -0.1) is 0 Å². The lowest BCUT2D eigenvalue weighted by Gasteiger charge is -2.10. The third-order valence-electron chi connectivity index (χ3n) is 3.23. The first-order valence-corrected chi connectivity index (χ1v) is 8.02. The number of rotatable bonds is 6. The van der Waals surface area contributed by atoms with E-state index in [9.17, 15) is 14.9 Å². The number of aromatic nitrogens is 2. The van der Waals surface area contributed by atoms with Crippen LogP contribution in [0.5, 0.6) is 0 Å². The Kier molecular flexibility index (Phi) is 5.38. The summed E-state index contributed by atoms with van der Waals surface area (Å²) in [6.07, 6.45) is 2.41. The Morgan fingerprint density at radius 1 is 1.15 bits per heavy atom. The molecule has 0 aliphatic rings. The summed E-state index contributed by atoms with van der Waals surface area (Å²) in [5, 5.41) is 14.9. The standard InChI is InChI=1S/C15H10Cl2N6O4/c16-9-4-3-8(6-10(9)17)20-13-12(23(25)26)14(19-7-18-13)21-22-15(24)11-2-1-5-27-11/h1-7H,(H,22,24)(H2,18,19,20,21). The average Bonchev–Trinajstić information content (AvgIpc) is 3.17. The van der Waals surface area contributed by atoms with Crippen LogP contribution in [0, 0.1) is 10.1 Å². The molecule has 0 bridgehead atoms. The molecule has 0 aliphatic carbocycles. The molecule has 0 radical (unpaired) electrons. The van der Waals surface area contributed by atoms with Crippen molar-refractivity contribution in [1.29, 1.82) is 0 Å². The number of nitrogens with zero attached hydrogens (tertiary/aromatic N) is 3. The fourth-order valence-corrected chi connectivity index (χ4v) is 2.33. The van der Waals surface area contributed by atoms with Crippen LogP contribution in [0.3, 0.4) is 0 Å². The van der Waals surface area contributed by atoms with Gasteiger partial charge in [0, 0.05) is 5.69 Å². The van der Waals surface area contributed by atoms with Crippen molar-refractivity contribution in [2.45, 2.75) is 0 Å². The van der Waals surface area contributed by atoms with Gasteiger partial charge < -0.3 is 9.73 Å². The normalized spacial score (nSPS) is 10.3. The molecule has 0 spiro atoms. The maximum atomic E-state index is 11.9. The van der Waals surface area contributed by atoms with E-state index in [1.54, 1.807) is 6.07 Å². The van der Waals surface area contributed by atoms with Crippen LogP contribution < -0.4 is 16.2 Å². The zero-order valence-corrected chi connectivity index (χ0v) is 14.8. The first-order chi connectivity index (χ1) is 13.0. The van der Waals surface area contributed by atoms with Crippen LogP contribution in [0.15, 0.2) is 47.3 Å². The number of halogens is 2. The second-order valence-corrected chi connectivity index (χ2v) is 5.80. The van der Waals surface area contributed by atoms with Gasteiger partial charge in [0.1, 0.15) is 6.33 Å². The molecular formula is C15H10Cl2N6O4. The molecular weight excluding hydrogens is 399 g/mol. The first-order valence-electron chi connectivity index (χ1n) is 7.27. The molecule has 2 heterocycles. The number of benzene rings is 1. The van der Waals surface area contributed by atoms with Crippen LogP contribution in [-0.4, -0.2) is 20.8 Å². The molecule has 3 aromatic rings. The van der Waals surface area contributed by atoms with Gasteiger partial charge in [-0.25, -0.2) is 9.97 Å². The van der Waals surface area contributed by atoms with Crippen molar-refractivity contribution in [2.75, 3.05) is 10.7 Å². The minimum atomic E-state index is -0.693. The fraction of sp³-hybridized carbons (Fsp3) is 0. The predicted molar refractivity (Wildman–Crippen MR) is 98.2 cm³/mol. The molecule has 10 nitrogen and oxygen atoms in total.